The van der Waals surface area contributed by atoms with Gasteiger partial charge in [-0.2, -0.15) is 0 Å². The number of aromatic hydroxyl groups is 4. The number of aryl methyl sites for hydroxylation is 3. The number of aromatic carboxylic acids is 1. The molecule has 0 aliphatic carbocycles. The number of hydrogen-bond acceptors (Lipinski definition) is 19. The quantitative estimate of drug-likeness (QED) is 0.0157. The second kappa shape index (κ2) is 69.8. The van der Waals surface area contributed by atoms with E-state index in [1.54, 1.807) is 79.9 Å². The molecule has 6 amide bonds. The topological polar surface area (TPSA) is 535 Å². The molecule has 0 fully saturated rings. The molecule has 0 radical (unpaired) electrons. The largest absolute Gasteiger partial charge is 0.507 e. The number of methoxy groups -OCH3 is 2. The lowest BCUT2D eigenvalue weighted by molar-refractivity contribution is -0.138. The zero-order chi connectivity index (χ0) is 103. The predicted molar refractivity (Wildman–Crippen MR) is 524 cm³/mol. The molecule has 0 unspecified atom stereocenters. The number of phenols is 4. The Balaban J connectivity index is 0.000000429. The molecule has 0 aliphatic rings. The lowest BCUT2D eigenvalue weighted by Gasteiger charge is -2.09. The predicted octanol–water partition coefficient (Wildman–Crippen LogP) is 20.4. The number of anilines is 2. The zero-order valence-corrected chi connectivity index (χ0v) is 80.2. The molecule has 0 atom stereocenters. The van der Waals surface area contributed by atoms with Crippen LogP contribution in [0.1, 0.15) is 301 Å². The Bertz CT molecular complexity index is 5220. The number of hydrogen-bond donors (Lipinski definition) is 17. The van der Waals surface area contributed by atoms with Crippen molar-refractivity contribution in [1.82, 2.24) is 21.3 Å². The first-order valence-electron chi connectivity index (χ1n) is 46.2. The van der Waals surface area contributed by atoms with Gasteiger partial charge in [0.15, 0.2) is 0 Å². The number of nitrogens with one attached hydrogen (secondary N) is 6. The lowest BCUT2D eigenvalue weighted by atomic mass is 10.1. The van der Waals surface area contributed by atoms with Crippen LogP contribution < -0.4 is 41.4 Å². The minimum absolute atomic E-state index is 0.0105. The molecular formula is C103H130Cl2F2N6O26. The summed E-state index contributed by atoms with van der Waals surface area (Å²) >= 11 is 11.6. The zero-order valence-electron chi connectivity index (χ0n) is 78.6. The third kappa shape index (κ3) is 52.3. The Morgan fingerprint density at radius 1 is 0.317 bits per heavy atom. The van der Waals surface area contributed by atoms with Gasteiger partial charge in [0.2, 0.25) is 0 Å². The second-order valence-electron chi connectivity index (χ2n) is 32.2. The van der Waals surface area contributed by atoms with Crippen LogP contribution in [0.3, 0.4) is 0 Å². The molecule has 139 heavy (non-hydrogen) atoms. The minimum atomic E-state index is -1.11. The molecule has 36 heteroatoms. The van der Waals surface area contributed by atoms with Gasteiger partial charge in [-0.3, -0.25) is 57.5 Å². The number of halogens is 4. The number of phenolic OH excluding ortho intramolecular Hbond substituents is 4. The van der Waals surface area contributed by atoms with Crippen molar-refractivity contribution in [2.75, 3.05) is 51.0 Å². The highest BCUT2D eigenvalue weighted by Crippen LogP contribution is 2.32. The molecule has 0 saturated carbocycles. The number of rotatable bonds is 56. The van der Waals surface area contributed by atoms with E-state index in [4.69, 9.17) is 68.4 Å². The van der Waals surface area contributed by atoms with Crippen LogP contribution in [-0.4, -0.2) is 174 Å². The van der Waals surface area contributed by atoms with Crippen molar-refractivity contribution >= 4 is 112 Å². The summed E-state index contributed by atoms with van der Waals surface area (Å²) < 4.78 is 37.5. The van der Waals surface area contributed by atoms with Gasteiger partial charge in [-0.25, -0.2) is 13.6 Å². The first kappa shape index (κ1) is 119. The average molecular weight is 1980 g/mol. The van der Waals surface area contributed by atoms with Gasteiger partial charge in [0.25, 0.3) is 35.4 Å². The summed E-state index contributed by atoms with van der Waals surface area (Å²) in [5.74, 6) is -9.27. The van der Waals surface area contributed by atoms with Crippen LogP contribution in [0.5, 0.6) is 34.5 Å². The first-order chi connectivity index (χ1) is 66.5. The molecule has 8 aromatic carbocycles. The highest BCUT2D eigenvalue weighted by Gasteiger charge is 2.21. The van der Waals surface area contributed by atoms with Crippen molar-refractivity contribution in [1.29, 1.82) is 0 Å². The van der Waals surface area contributed by atoms with Gasteiger partial charge in [0.05, 0.1) is 63.9 Å². The van der Waals surface area contributed by atoms with Crippen LogP contribution in [0.25, 0.3) is 0 Å². The van der Waals surface area contributed by atoms with Crippen molar-refractivity contribution in [3.63, 3.8) is 0 Å². The molecular weight excluding hydrogens is 1850 g/mol. The van der Waals surface area contributed by atoms with E-state index < -0.39 is 71.1 Å². The van der Waals surface area contributed by atoms with Gasteiger partial charge in [-0.1, -0.05) is 200 Å². The summed E-state index contributed by atoms with van der Waals surface area (Å²) in [6.45, 7) is 3.74. The van der Waals surface area contributed by atoms with Gasteiger partial charge in [0, 0.05) is 75.4 Å². The Morgan fingerprint density at radius 3 is 1.12 bits per heavy atom. The van der Waals surface area contributed by atoms with Crippen LogP contribution in [0.2, 0.25) is 10.0 Å². The van der Waals surface area contributed by atoms with Crippen molar-refractivity contribution in [3.8, 4) is 34.5 Å². The van der Waals surface area contributed by atoms with Crippen LogP contribution in [0, 0.1) is 18.6 Å². The van der Waals surface area contributed by atoms with Gasteiger partial charge in [0.1, 0.15) is 46.1 Å². The van der Waals surface area contributed by atoms with Gasteiger partial charge in [-0.15, -0.1) is 0 Å². The number of carboxylic acids is 7. The maximum absolute atomic E-state index is 13.9. The third-order valence-corrected chi connectivity index (χ3v) is 21.6. The number of carbonyl (C=O) groups excluding carboxylic acids is 6. The van der Waals surface area contributed by atoms with Crippen molar-refractivity contribution in [3.05, 3.63) is 235 Å². The van der Waals surface area contributed by atoms with E-state index in [9.17, 15) is 91.5 Å². The number of aliphatic carboxylic acids is 6. The molecule has 756 valence electrons. The number of amides is 6. The van der Waals surface area contributed by atoms with Crippen LogP contribution in [0.4, 0.5) is 20.2 Å². The standard InChI is InChI=1S/C19H29NO4.C18H25NO5.C17H23Cl2NO4.C17H16FNO4.C16H14FNO4.C16H23NO5/c1-24-17-13-10-9-12-16(17)19(23)20-15-11-7-5-3-2-4-6-8-14-18(21)22;20-16(21)12-6-4-2-1-3-5-9-13-19-17(22)14-10-7-8-11-15(14)18(23)24;18-12-10-13(16(23)14(19)11-12)17(24)20-9-7-5-3-1-2-4-6-8-15(21)22;1-10-8-12(18)9-14(16(10)22)17(23)19-13-5-2-11(3-6-13)4-7-15(20)21;17-12-9-10(6-8-15(20)21)5-7-13(12)18-16(22)11-3-1-2-4-14(11)19;1-22-12-8-9-14(18)13(11-12)16(21)17-10-6-4-2-3-5-7-15(19)20/h9-10,12-13H,2-8,11,14-15H2,1H3,(H,20,23)(H,21,22);7-8,10-11H,1-6,9,12-13H2,(H,19,22)(H,20,21)(H,23,24);10-11,23H,1-9H2,(H,20,24)(H,21,22);2-3,5-6,8-9,22H,4,7H2,1H3,(H,19,23)(H,20,21);1-5,7,9,19H,6,8H2,(H,18,22)(H,20,21);8-9,11,18H,2-7,10H2,1H3,(H,17,21)(H,19,20). The van der Waals surface area contributed by atoms with E-state index in [2.05, 4.69) is 31.9 Å². The van der Waals surface area contributed by atoms with Gasteiger partial charge >= 0.3 is 41.8 Å². The summed E-state index contributed by atoms with van der Waals surface area (Å²) in [6, 6.07) is 39.5. The number of carboxylic acid groups (broad SMARTS) is 7. The Hall–Kier alpha value is -13.9. The molecule has 0 spiro atoms. The molecule has 8 rings (SSSR count). The monoisotopic (exact) mass is 1970 g/mol. The summed E-state index contributed by atoms with van der Waals surface area (Å²) in [6.07, 6.45) is 27.6. The summed E-state index contributed by atoms with van der Waals surface area (Å²) in [7, 11) is 3.06. The lowest BCUT2D eigenvalue weighted by Crippen LogP contribution is -2.26. The first-order valence-corrected chi connectivity index (χ1v) is 46.9. The number of ether oxygens (including phenoxy) is 2. The summed E-state index contributed by atoms with van der Waals surface area (Å²) in [5, 5.41) is 116. The molecule has 32 nitrogen and oxygen atoms in total. The normalized spacial score (nSPS) is 10.4. The Labute approximate surface area is 817 Å². The van der Waals surface area contributed by atoms with E-state index in [-0.39, 0.29) is 135 Å². The summed E-state index contributed by atoms with van der Waals surface area (Å²) in [4.78, 5) is 146. The van der Waals surface area contributed by atoms with E-state index in [1.165, 1.54) is 81.1 Å². The molecule has 0 aromatic heterocycles. The number of para-hydroxylation sites is 2. The SMILES string of the molecule is COc1ccc(O)c(C(=O)NCCCCCCCC(=O)O)c1.COc1ccccc1C(=O)NCCCCCCCCCCC(=O)O.Cc1cc(F)cc(C(=O)Nc2ccc(CCC(=O)O)cc2)c1O.O=C(O)CCCCCCCCCNC(=O)c1cc(Cl)cc(Cl)c1O.O=C(O)CCCCCCCCCNC(=O)c1ccccc1C(=O)O.O=C(O)CCc1ccc(NC(=O)c2ccccc2O)c(F)c1. The van der Waals surface area contributed by atoms with Gasteiger partial charge in [-0.05, 0) is 191 Å². The van der Waals surface area contributed by atoms with E-state index in [0.29, 0.717) is 72.4 Å². The molecule has 0 heterocycles. The summed E-state index contributed by atoms with van der Waals surface area (Å²) in [5.41, 5.74) is 3.00. The molecule has 0 bridgehead atoms. The van der Waals surface area contributed by atoms with Crippen molar-refractivity contribution in [2.24, 2.45) is 0 Å². The minimum Gasteiger partial charge on any atom is -0.507 e. The maximum Gasteiger partial charge on any atom is 0.336 e. The fourth-order valence-electron chi connectivity index (χ4n) is 13.5. The molecule has 8 aromatic rings. The van der Waals surface area contributed by atoms with E-state index in [1.807, 2.05) is 12.1 Å². The van der Waals surface area contributed by atoms with Crippen LogP contribution in [-0.2, 0) is 41.6 Å². The average Bonchev–Trinajstić information content (AvgIpc) is 0.833. The third-order valence-electron chi connectivity index (χ3n) is 21.0. The fraction of sp³-hybridized carbons (Fsp3) is 0.408. The maximum atomic E-state index is 13.9. The van der Waals surface area contributed by atoms with E-state index in [0.717, 1.165) is 178 Å². The van der Waals surface area contributed by atoms with Gasteiger partial charge < -0.3 is 97.5 Å². The molecule has 17 N–H and O–H groups in total. The highest BCUT2D eigenvalue weighted by molar-refractivity contribution is 6.36. The Morgan fingerprint density at radius 2 is 0.683 bits per heavy atom. The second-order valence-corrected chi connectivity index (χ2v) is 33.0. The van der Waals surface area contributed by atoms with Crippen molar-refractivity contribution in [2.45, 2.75) is 232 Å². The van der Waals surface area contributed by atoms with E-state index >= 15 is 0 Å². The number of carbonyl (C=O) groups is 13. The van der Waals surface area contributed by atoms with Crippen molar-refractivity contribution < 1.29 is 137 Å². The smallest absolute Gasteiger partial charge is 0.336 e. The van der Waals surface area contributed by atoms with Crippen LogP contribution >= 0.6 is 23.2 Å². The molecule has 0 saturated heterocycles. The number of benzene rings is 8. The number of unbranched alkanes of at least 4 members (excludes halogenated alkanes) is 23. The highest BCUT2D eigenvalue weighted by atomic mass is 35.5. The van der Waals surface area contributed by atoms with Crippen LogP contribution in [0.15, 0.2) is 158 Å². The fourth-order valence-corrected chi connectivity index (χ4v) is 13.9. The Kier molecular flexibility index (Phi) is 59.9. The molecule has 0 aliphatic heterocycles.